The molecule has 2 atom stereocenters. The van der Waals surface area contributed by atoms with E-state index in [-0.39, 0.29) is 12.1 Å². The maximum atomic E-state index is 9.75. The van der Waals surface area contributed by atoms with Crippen molar-refractivity contribution in [3.63, 3.8) is 0 Å². The zero-order valence-electron chi connectivity index (χ0n) is 11.2. The molecule has 0 amide bonds. The second-order valence-electron chi connectivity index (χ2n) is 4.72. The Morgan fingerprint density at radius 2 is 2.06 bits per heavy atom. The van der Waals surface area contributed by atoms with Crippen LogP contribution in [0.5, 0.6) is 0 Å². The Balaban J connectivity index is 2.34. The maximum absolute atomic E-state index is 9.75. The number of ether oxygens (including phenoxy) is 1. The van der Waals surface area contributed by atoms with Gasteiger partial charge in [-0.15, -0.1) is 0 Å². The molecule has 102 valence electrons. The summed E-state index contributed by atoms with van der Waals surface area (Å²) in [6, 6.07) is 8.36. The molecule has 1 aromatic carbocycles. The molecule has 0 saturated heterocycles. The summed E-state index contributed by atoms with van der Waals surface area (Å²) in [7, 11) is 0. The lowest BCUT2D eigenvalue weighted by Crippen LogP contribution is -2.32. The standard InChI is InChI=1S/C14H22BrNO2/c1-10(2)18-9-14(17)8-16-11(3)12-5-4-6-13(15)7-12/h4-7,10-11,14,16-17H,8-9H2,1-3H3/t11-,14?/m0/s1. The molecule has 0 fully saturated rings. The van der Waals surface area contributed by atoms with Crippen molar-refractivity contribution in [3.05, 3.63) is 34.3 Å². The molecule has 2 N–H and O–H groups in total. The van der Waals surface area contributed by atoms with Crippen LogP contribution in [0, 0.1) is 0 Å². The molecule has 1 unspecified atom stereocenters. The van der Waals surface area contributed by atoms with E-state index in [1.54, 1.807) is 0 Å². The molecule has 0 radical (unpaired) electrons. The van der Waals surface area contributed by atoms with Gasteiger partial charge in [0.2, 0.25) is 0 Å². The molecule has 1 aromatic rings. The first-order valence-electron chi connectivity index (χ1n) is 6.27. The number of aliphatic hydroxyl groups is 1. The summed E-state index contributed by atoms with van der Waals surface area (Å²) in [4.78, 5) is 0. The molecule has 0 aliphatic rings. The van der Waals surface area contributed by atoms with Gasteiger partial charge in [0, 0.05) is 17.1 Å². The quantitative estimate of drug-likeness (QED) is 0.813. The molecule has 4 heteroatoms. The number of halogens is 1. The van der Waals surface area contributed by atoms with E-state index >= 15 is 0 Å². The van der Waals surface area contributed by atoms with Gasteiger partial charge in [-0.2, -0.15) is 0 Å². The van der Waals surface area contributed by atoms with E-state index in [2.05, 4.69) is 40.3 Å². The normalized spacial score (nSPS) is 14.8. The minimum Gasteiger partial charge on any atom is -0.389 e. The van der Waals surface area contributed by atoms with Gasteiger partial charge < -0.3 is 15.2 Å². The van der Waals surface area contributed by atoms with E-state index in [0.29, 0.717) is 13.2 Å². The summed E-state index contributed by atoms with van der Waals surface area (Å²) in [5.74, 6) is 0. The fourth-order valence-corrected chi connectivity index (χ4v) is 1.99. The van der Waals surface area contributed by atoms with Crippen molar-refractivity contribution < 1.29 is 9.84 Å². The molecule has 0 aliphatic heterocycles. The van der Waals surface area contributed by atoms with Crippen LogP contribution in [0.4, 0.5) is 0 Å². The van der Waals surface area contributed by atoms with Crippen molar-refractivity contribution in [2.45, 2.75) is 39.0 Å². The zero-order chi connectivity index (χ0) is 13.5. The van der Waals surface area contributed by atoms with Gasteiger partial charge in [0.05, 0.1) is 18.8 Å². The lowest BCUT2D eigenvalue weighted by Gasteiger charge is -2.18. The molecule has 18 heavy (non-hydrogen) atoms. The Hall–Kier alpha value is -0.420. The van der Waals surface area contributed by atoms with E-state index in [1.807, 2.05) is 26.0 Å². The molecule has 3 nitrogen and oxygen atoms in total. The molecule has 1 rings (SSSR count). The number of nitrogens with one attached hydrogen (secondary N) is 1. The van der Waals surface area contributed by atoms with Gasteiger partial charge in [0.15, 0.2) is 0 Å². The monoisotopic (exact) mass is 315 g/mol. The largest absolute Gasteiger partial charge is 0.389 e. The van der Waals surface area contributed by atoms with E-state index in [0.717, 1.165) is 4.47 Å². The maximum Gasteiger partial charge on any atom is 0.0898 e. The first-order valence-corrected chi connectivity index (χ1v) is 7.07. The van der Waals surface area contributed by atoms with Gasteiger partial charge in [0.25, 0.3) is 0 Å². The summed E-state index contributed by atoms with van der Waals surface area (Å²) in [5.41, 5.74) is 1.20. The van der Waals surface area contributed by atoms with Crippen molar-refractivity contribution in [2.24, 2.45) is 0 Å². The Kier molecular flexibility index (Phi) is 6.86. The van der Waals surface area contributed by atoms with Crippen LogP contribution >= 0.6 is 15.9 Å². The number of aliphatic hydroxyl groups excluding tert-OH is 1. The Morgan fingerprint density at radius 1 is 1.33 bits per heavy atom. The van der Waals surface area contributed by atoms with Crippen molar-refractivity contribution in [1.82, 2.24) is 5.32 Å². The highest BCUT2D eigenvalue weighted by Gasteiger charge is 2.09. The predicted octanol–water partition coefficient (Wildman–Crippen LogP) is 2.89. The Bertz CT molecular complexity index is 357. The number of hydrogen-bond donors (Lipinski definition) is 2. The van der Waals surface area contributed by atoms with Crippen LogP contribution < -0.4 is 5.32 Å². The van der Waals surface area contributed by atoms with Crippen LogP contribution in [0.1, 0.15) is 32.4 Å². The Morgan fingerprint density at radius 3 is 2.67 bits per heavy atom. The fourth-order valence-electron chi connectivity index (χ4n) is 1.57. The molecule has 0 aromatic heterocycles. The van der Waals surface area contributed by atoms with Crippen LogP contribution in [-0.2, 0) is 4.74 Å². The zero-order valence-corrected chi connectivity index (χ0v) is 12.8. The molecular weight excluding hydrogens is 294 g/mol. The van der Waals surface area contributed by atoms with Gasteiger partial charge in [0.1, 0.15) is 0 Å². The minimum absolute atomic E-state index is 0.155. The van der Waals surface area contributed by atoms with Gasteiger partial charge in [-0.3, -0.25) is 0 Å². The molecule has 0 saturated carbocycles. The molecule has 0 heterocycles. The molecule has 0 aliphatic carbocycles. The number of benzene rings is 1. The third-order valence-corrected chi connectivity index (χ3v) is 3.12. The van der Waals surface area contributed by atoms with Gasteiger partial charge in [-0.1, -0.05) is 28.1 Å². The van der Waals surface area contributed by atoms with Crippen molar-refractivity contribution in [3.8, 4) is 0 Å². The van der Waals surface area contributed by atoms with E-state index in [1.165, 1.54) is 5.56 Å². The highest BCUT2D eigenvalue weighted by Crippen LogP contribution is 2.17. The van der Waals surface area contributed by atoms with Crippen molar-refractivity contribution in [2.75, 3.05) is 13.2 Å². The van der Waals surface area contributed by atoms with Crippen molar-refractivity contribution >= 4 is 15.9 Å². The average Bonchev–Trinajstić information content (AvgIpc) is 2.33. The van der Waals surface area contributed by atoms with Crippen LogP contribution in [-0.4, -0.2) is 30.5 Å². The predicted molar refractivity (Wildman–Crippen MR) is 77.7 cm³/mol. The first kappa shape index (κ1) is 15.6. The summed E-state index contributed by atoms with van der Waals surface area (Å²) in [5, 5.41) is 13.1. The SMILES string of the molecule is CC(C)OCC(O)CN[C@@H](C)c1cccc(Br)c1. The first-order chi connectivity index (χ1) is 8.49. The minimum atomic E-state index is -0.470. The van der Waals surface area contributed by atoms with Crippen LogP contribution in [0.15, 0.2) is 28.7 Å². The van der Waals surface area contributed by atoms with Gasteiger partial charge >= 0.3 is 0 Å². The van der Waals surface area contributed by atoms with Crippen LogP contribution in [0.25, 0.3) is 0 Å². The van der Waals surface area contributed by atoms with E-state index in [9.17, 15) is 5.11 Å². The summed E-state index contributed by atoms with van der Waals surface area (Å²) in [6.45, 7) is 6.91. The summed E-state index contributed by atoms with van der Waals surface area (Å²) in [6.07, 6.45) is -0.316. The van der Waals surface area contributed by atoms with Gasteiger partial charge in [-0.05, 0) is 38.5 Å². The number of rotatable bonds is 7. The lowest BCUT2D eigenvalue weighted by molar-refractivity contribution is 0.00560. The highest BCUT2D eigenvalue weighted by atomic mass is 79.9. The van der Waals surface area contributed by atoms with Crippen LogP contribution in [0.3, 0.4) is 0 Å². The molecule has 0 bridgehead atoms. The second kappa shape index (κ2) is 7.89. The highest BCUT2D eigenvalue weighted by molar-refractivity contribution is 9.10. The molecule has 0 spiro atoms. The van der Waals surface area contributed by atoms with E-state index in [4.69, 9.17) is 4.74 Å². The van der Waals surface area contributed by atoms with Crippen molar-refractivity contribution in [1.29, 1.82) is 0 Å². The average molecular weight is 316 g/mol. The summed E-state index contributed by atoms with van der Waals surface area (Å²) < 4.78 is 6.43. The third kappa shape index (κ3) is 5.96. The lowest BCUT2D eigenvalue weighted by atomic mass is 10.1. The molecular formula is C14H22BrNO2. The smallest absolute Gasteiger partial charge is 0.0898 e. The second-order valence-corrected chi connectivity index (χ2v) is 5.64. The Labute approximate surface area is 118 Å². The van der Waals surface area contributed by atoms with Crippen LogP contribution in [0.2, 0.25) is 0 Å². The van der Waals surface area contributed by atoms with E-state index < -0.39 is 6.10 Å². The number of hydrogen-bond acceptors (Lipinski definition) is 3. The van der Waals surface area contributed by atoms with Gasteiger partial charge in [-0.25, -0.2) is 0 Å². The third-order valence-electron chi connectivity index (χ3n) is 2.63. The summed E-state index contributed by atoms with van der Waals surface area (Å²) >= 11 is 3.45. The topological polar surface area (TPSA) is 41.5 Å². The fraction of sp³-hybridized carbons (Fsp3) is 0.571.